The molecule has 0 aliphatic carbocycles. The number of nitrogens with one attached hydrogen (secondary N) is 2. The van der Waals surface area contributed by atoms with Crippen LogP contribution in [-0.4, -0.2) is 30.3 Å². The number of primary amides is 1. The summed E-state index contributed by atoms with van der Waals surface area (Å²) in [5, 5.41) is 7.30. The summed E-state index contributed by atoms with van der Waals surface area (Å²) in [5.41, 5.74) is 5.40. The van der Waals surface area contributed by atoms with Crippen molar-refractivity contribution in [3.8, 4) is 0 Å². The molecule has 0 bridgehead atoms. The smallest absolute Gasteiger partial charge is 0.262 e. The van der Waals surface area contributed by atoms with E-state index in [9.17, 15) is 14.4 Å². The minimum absolute atomic E-state index is 0.0985. The van der Waals surface area contributed by atoms with E-state index in [1.807, 2.05) is 30.3 Å². The predicted octanol–water partition coefficient (Wildman–Crippen LogP) is 1.72. The van der Waals surface area contributed by atoms with Crippen molar-refractivity contribution in [3.63, 3.8) is 0 Å². The quantitative estimate of drug-likeness (QED) is 0.656. The van der Waals surface area contributed by atoms with Crippen molar-refractivity contribution >= 4 is 29.1 Å². The lowest BCUT2D eigenvalue weighted by Gasteiger charge is -2.24. The first-order valence-corrected chi connectivity index (χ1v) is 9.13. The molecule has 0 spiro atoms. The van der Waals surface area contributed by atoms with Gasteiger partial charge in [-0.05, 0) is 30.9 Å². The molecule has 0 fully saturated rings. The molecule has 2 aromatic rings. The van der Waals surface area contributed by atoms with Crippen LogP contribution in [0.25, 0.3) is 0 Å². The fourth-order valence-corrected chi connectivity index (χ4v) is 2.84. The normalized spacial score (nSPS) is 12.2. The summed E-state index contributed by atoms with van der Waals surface area (Å²) in [6.45, 7) is 3.42. The minimum atomic E-state index is -0.870. The molecular weight excluding hydrogens is 350 g/mol. The second kappa shape index (κ2) is 8.62. The van der Waals surface area contributed by atoms with E-state index in [2.05, 4.69) is 10.6 Å². The van der Waals surface area contributed by atoms with Crippen LogP contribution in [0.15, 0.2) is 47.8 Å². The van der Waals surface area contributed by atoms with E-state index in [1.165, 1.54) is 11.3 Å². The molecular formula is C19H23N3O3S. The molecule has 2 rings (SSSR count). The van der Waals surface area contributed by atoms with Gasteiger partial charge in [0, 0.05) is 13.0 Å². The maximum Gasteiger partial charge on any atom is 0.262 e. The van der Waals surface area contributed by atoms with Crippen LogP contribution in [0.3, 0.4) is 0 Å². The van der Waals surface area contributed by atoms with Gasteiger partial charge in [0.25, 0.3) is 5.91 Å². The average Bonchev–Trinajstić information content (AvgIpc) is 3.14. The maximum absolute atomic E-state index is 12.6. The Morgan fingerprint density at radius 2 is 1.81 bits per heavy atom. The van der Waals surface area contributed by atoms with Gasteiger partial charge in [-0.15, -0.1) is 11.3 Å². The Balaban J connectivity index is 2.10. The van der Waals surface area contributed by atoms with E-state index >= 15 is 0 Å². The number of benzene rings is 1. The van der Waals surface area contributed by atoms with E-state index in [1.54, 1.807) is 31.4 Å². The second-order valence-corrected chi connectivity index (χ2v) is 7.61. The molecule has 0 radical (unpaired) electrons. The van der Waals surface area contributed by atoms with Crippen molar-refractivity contribution in [2.24, 2.45) is 11.1 Å². The highest BCUT2D eigenvalue weighted by Crippen LogP contribution is 2.13. The molecule has 1 aromatic carbocycles. The Kier molecular flexibility index (Phi) is 6.52. The molecule has 26 heavy (non-hydrogen) atoms. The van der Waals surface area contributed by atoms with Crippen molar-refractivity contribution in [1.29, 1.82) is 0 Å². The Morgan fingerprint density at radius 1 is 1.12 bits per heavy atom. The Hall–Kier alpha value is -2.67. The van der Waals surface area contributed by atoms with Crippen molar-refractivity contribution in [2.45, 2.75) is 26.3 Å². The number of hydrogen-bond acceptors (Lipinski definition) is 4. The molecule has 0 aliphatic rings. The molecule has 1 atom stereocenters. The van der Waals surface area contributed by atoms with Gasteiger partial charge in [0.05, 0.1) is 10.3 Å². The lowest BCUT2D eigenvalue weighted by atomic mass is 9.92. The summed E-state index contributed by atoms with van der Waals surface area (Å²) in [6.07, 6.45) is 0.348. The Bertz CT molecular complexity index is 758. The lowest BCUT2D eigenvalue weighted by Crippen LogP contribution is -2.51. The largest absolute Gasteiger partial charge is 0.369 e. The average molecular weight is 373 g/mol. The molecule has 7 heteroatoms. The zero-order chi connectivity index (χ0) is 19.2. The summed E-state index contributed by atoms with van der Waals surface area (Å²) in [4.78, 5) is 37.0. The highest BCUT2D eigenvalue weighted by atomic mass is 32.1. The van der Waals surface area contributed by atoms with Gasteiger partial charge in [-0.25, -0.2) is 0 Å². The Labute approximate surface area is 156 Å². The third-order valence-electron chi connectivity index (χ3n) is 4.02. The van der Waals surface area contributed by atoms with E-state index in [0.29, 0.717) is 11.3 Å². The number of nitrogens with two attached hydrogens (primary N) is 1. The third-order valence-corrected chi connectivity index (χ3v) is 4.89. The van der Waals surface area contributed by atoms with Crippen LogP contribution in [0.5, 0.6) is 0 Å². The van der Waals surface area contributed by atoms with Gasteiger partial charge in [-0.1, -0.05) is 36.4 Å². The molecule has 138 valence electrons. The first kappa shape index (κ1) is 19.7. The van der Waals surface area contributed by atoms with Crippen molar-refractivity contribution < 1.29 is 14.4 Å². The van der Waals surface area contributed by atoms with Gasteiger partial charge in [-0.2, -0.15) is 0 Å². The van der Waals surface area contributed by atoms with Crippen molar-refractivity contribution in [3.05, 3.63) is 58.3 Å². The number of rotatable bonds is 8. The summed E-state index contributed by atoms with van der Waals surface area (Å²) in [6, 6.07) is 12.2. The van der Waals surface area contributed by atoms with Crippen LogP contribution >= 0.6 is 11.3 Å². The third kappa shape index (κ3) is 5.42. The number of carbonyl (C=O) groups is 3. The minimum Gasteiger partial charge on any atom is -0.369 e. The van der Waals surface area contributed by atoms with Crippen LogP contribution in [0.4, 0.5) is 0 Å². The zero-order valence-corrected chi connectivity index (χ0v) is 15.6. The highest BCUT2D eigenvalue weighted by molar-refractivity contribution is 7.12. The first-order chi connectivity index (χ1) is 12.3. The van der Waals surface area contributed by atoms with Gasteiger partial charge in [0.2, 0.25) is 11.8 Å². The summed E-state index contributed by atoms with van der Waals surface area (Å²) < 4.78 is 0. The molecule has 1 unspecified atom stereocenters. The standard InChI is InChI=1S/C19H23N3O3S/c1-19(2,18(20)25)12-21-16(23)14(11-13-7-4-3-5-8-13)22-17(24)15-9-6-10-26-15/h3-10,14H,11-12H2,1-2H3,(H2,20,25)(H,21,23)(H,22,24). The summed E-state index contributed by atoms with van der Waals surface area (Å²) in [7, 11) is 0. The van der Waals surface area contributed by atoms with Crippen LogP contribution in [0.2, 0.25) is 0 Å². The second-order valence-electron chi connectivity index (χ2n) is 6.66. The predicted molar refractivity (Wildman–Crippen MR) is 102 cm³/mol. The molecule has 3 amide bonds. The van der Waals surface area contributed by atoms with Gasteiger partial charge in [0.1, 0.15) is 6.04 Å². The molecule has 4 N–H and O–H groups in total. The maximum atomic E-state index is 12.6. The van der Waals surface area contributed by atoms with Crippen molar-refractivity contribution in [2.75, 3.05) is 6.54 Å². The van der Waals surface area contributed by atoms with Crippen LogP contribution in [-0.2, 0) is 16.0 Å². The van der Waals surface area contributed by atoms with E-state index in [-0.39, 0.29) is 18.4 Å². The van der Waals surface area contributed by atoms with Crippen LogP contribution in [0, 0.1) is 5.41 Å². The van der Waals surface area contributed by atoms with Gasteiger partial charge >= 0.3 is 0 Å². The van der Waals surface area contributed by atoms with Crippen LogP contribution < -0.4 is 16.4 Å². The fourth-order valence-electron chi connectivity index (χ4n) is 2.21. The van der Waals surface area contributed by atoms with Gasteiger partial charge < -0.3 is 16.4 Å². The molecule has 6 nitrogen and oxygen atoms in total. The Morgan fingerprint density at radius 3 is 2.38 bits per heavy atom. The molecule has 0 saturated heterocycles. The number of carbonyl (C=O) groups excluding carboxylic acids is 3. The molecule has 0 aliphatic heterocycles. The topological polar surface area (TPSA) is 101 Å². The summed E-state index contributed by atoms with van der Waals surface area (Å²) >= 11 is 1.31. The monoisotopic (exact) mass is 373 g/mol. The number of thiophene rings is 1. The molecule has 1 aromatic heterocycles. The fraction of sp³-hybridized carbons (Fsp3) is 0.316. The lowest BCUT2D eigenvalue weighted by molar-refractivity contribution is -0.127. The van der Waals surface area contributed by atoms with Crippen molar-refractivity contribution in [1.82, 2.24) is 10.6 Å². The van der Waals surface area contributed by atoms with E-state index in [4.69, 9.17) is 5.73 Å². The van der Waals surface area contributed by atoms with Gasteiger partial charge in [0.15, 0.2) is 0 Å². The number of amides is 3. The molecule has 0 saturated carbocycles. The zero-order valence-electron chi connectivity index (χ0n) is 14.8. The van der Waals surface area contributed by atoms with Crippen LogP contribution in [0.1, 0.15) is 29.1 Å². The molecule has 1 heterocycles. The summed E-state index contributed by atoms with van der Waals surface area (Å²) in [5.74, 6) is -1.15. The number of hydrogen-bond donors (Lipinski definition) is 3. The SMILES string of the molecule is CC(C)(CNC(=O)C(Cc1ccccc1)NC(=O)c1cccs1)C(N)=O. The first-order valence-electron chi connectivity index (χ1n) is 8.25. The van der Waals surface area contributed by atoms with Gasteiger partial charge in [-0.3, -0.25) is 14.4 Å². The van der Waals surface area contributed by atoms with E-state index in [0.717, 1.165) is 5.56 Å². The van der Waals surface area contributed by atoms with E-state index < -0.39 is 17.4 Å². The highest BCUT2D eigenvalue weighted by Gasteiger charge is 2.28.